The van der Waals surface area contributed by atoms with Crippen molar-refractivity contribution in [2.24, 2.45) is 0 Å². The molecule has 0 radical (unpaired) electrons. The average Bonchev–Trinajstić information content (AvgIpc) is 2.43. The normalized spacial score (nSPS) is 10.3. The number of nitrogens with zero attached hydrogens (tertiary/aromatic N) is 2. The number of nitro groups is 1. The molecule has 0 unspecified atom stereocenters. The van der Waals surface area contributed by atoms with Crippen molar-refractivity contribution in [1.29, 1.82) is 0 Å². The summed E-state index contributed by atoms with van der Waals surface area (Å²) >= 11 is 0. The van der Waals surface area contributed by atoms with Crippen LogP contribution in [-0.2, 0) is 0 Å². The van der Waals surface area contributed by atoms with Crippen molar-refractivity contribution in [3.8, 4) is 11.5 Å². The zero-order chi connectivity index (χ0) is 15.7. The van der Waals surface area contributed by atoms with E-state index in [4.69, 9.17) is 0 Å². The van der Waals surface area contributed by atoms with E-state index in [2.05, 4.69) is 0 Å². The Hall–Kier alpha value is -3.23. The second-order valence-corrected chi connectivity index (χ2v) is 3.99. The van der Waals surface area contributed by atoms with E-state index in [1.54, 1.807) is 0 Å². The Morgan fingerprint density at radius 2 is 2.00 bits per heavy atom. The van der Waals surface area contributed by atoms with Gasteiger partial charge in [-0.3, -0.25) is 14.9 Å². The van der Waals surface area contributed by atoms with Crippen LogP contribution in [0.1, 0.15) is 15.9 Å². The van der Waals surface area contributed by atoms with Gasteiger partial charge in [-0.2, -0.15) is 0 Å². The summed E-state index contributed by atoms with van der Waals surface area (Å²) in [5.41, 5.74) is -1.97. The fourth-order valence-corrected chi connectivity index (χ4v) is 1.67. The summed E-state index contributed by atoms with van der Waals surface area (Å²) in [7, 11) is 0. The minimum Gasteiger partial charge on any atom is -0.617 e. The van der Waals surface area contributed by atoms with Crippen LogP contribution >= 0.6 is 0 Å². The molecule has 0 aliphatic rings. The molecule has 1 heterocycles. The molecule has 8 nitrogen and oxygen atoms in total. The van der Waals surface area contributed by atoms with Crippen molar-refractivity contribution in [2.75, 3.05) is 0 Å². The topological polar surface area (TPSA) is 128 Å². The number of hydrogen-bond donors (Lipinski definition) is 2. The van der Waals surface area contributed by atoms with E-state index in [1.807, 2.05) is 0 Å². The number of rotatable bonds is 3. The number of carbonyl (C=O) groups excluding carboxylic acids is 1. The third-order valence-corrected chi connectivity index (χ3v) is 2.67. The zero-order valence-corrected chi connectivity index (χ0v) is 10.2. The van der Waals surface area contributed by atoms with Gasteiger partial charge in [0, 0.05) is 17.7 Å². The minimum atomic E-state index is -1.38. The Bertz CT molecular complexity index is 762. The van der Waals surface area contributed by atoms with Gasteiger partial charge in [-0.15, -0.1) is 9.12 Å². The van der Waals surface area contributed by atoms with E-state index in [1.165, 1.54) is 0 Å². The van der Waals surface area contributed by atoms with Crippen molar-refractivity contribution in [1.82, 2.24) is 0 Å². The standard InChI is InChI=1S/C12H7FN2O6/c13-12-7(2-1-3-14(12)19)10(17)6-4-8(15(20)21)11(18)9(16)5-6/h1-5,16,18H. The molecule has 0 atom stereocenters. The molecule has 2 N–H and O–H groups in total. The summed E-state index contributed by atoms with van der Waals surface area (Å²) in [6, 6.07) is 3.56. The maximum absolute atomic E-state index is 13.6. The van der Waals surface area contributed by atoms with Gasteiger partial charge in [0.2, 0.25) is 11.5 Å². The molecule has 0 spiro atoms. The van der Waals surface area contributed by atoms with Gasteiger partial charge in [-0.25, -0.2) is 0 Å². The highest BCUT2D eigenvalue weighted by Gasteiger charge is 2.25. The van der Waals surface area contributed by atoms with Gasteiger partial charge in [-0.1, -0.05) is 0 Å². The molecule has 1 aromatic heterocycles. The lowest BCUT2D eigenvalue weighted by Crippen LogP contribution is -2.32. The fraction of sp³-hybridized carbons (Fsp3) is 0. The molecular weight excluding hydrogens is 287 g/mol. The largest absolute Gasteiger partial charge is 0.617 e. The van der Waals surface area contributed by atoms with Gasteiger partial charge >= 0.3 is 11.6 Å². The highest BCUT2D eigenvalue weighted by molar-refractivity contribution is 6.09. The molecule has 0 saturated carbocycles. The molecule has 1 aromatic carbocycles. The highest BCUT2D eigenvalue weighted by atomic mass is 19.1. The number of aromatic hydroxyl groups is 2. The number of ketones is 1. The van der Waals surface area contributed by atoms with E-state index in [0.717, 1.165) is 24.4 Å². The molecule has 2 aromatic rings. The Kier molecular flexibility index (Phi) is 3.40. The predicted octanol–water partition coefficient (Wildman–Crippen LogP) is 1.01. The lowest BCUT2D eigenvalue weighted by molar-refractivity contribution is -0.637. The zero-order valence-electron chi connectivity index (χ0n) is 10.2. The number of halogens is 1. The number of pyridine rings is 1. The van der Waals surface area contributed by atoms with Crippen LogP contribution in [0, 0.1) is 21.3 Å². The summed E-state index contributed by atoms with van der Waals surface area (Å²) in [6.07, 6.45) is 0.836. The molecule has 0 aliphatic carbocycles. The SMILES string of the molecule is O=C(c1cc(O)c(O)c([N+](=O)[O-])c1)c1ccc[n+]([O-])c1F. The van der Waals surface area contributed by atoms with Gasteiger partial charge < -0.3 is 15.4 Å². The van der Waals surface area contributed by atoms with Crippen molar-refractivity contribution in [3.63, 3.8) is 0 Å². The average molecular weight is 294 g/mol. The van der Waals surface area contributed by atoms with E-state index < -0.39 is 45.0 Å². The number of carbonyl (C=O) groups is 1. The summed E-state index contributed by atoms with van der Waals surface area (Å²) in [6.45, 7) is 0. The van der Waals surface area contributed by atoms with Gasteiger partial charge in [-0.05, 0) is 12.1 Å². The number of phenols is 2. The van der Waals surface area contributed by atoms with Crippen molar-refractivity contribution < 1.29 is 29.1 Å². The lowest BCUT2D eigenvalue weighted by atomic mass is 10.0. The molecule has 21 heavy (non-hydrogen) atoms. The van der Waals surface area contributed by atoms with Crippen LogP contribution < -0.4 is 4.73 Å². The number of aromatic nitrogens is 1. The van der Waals surface area contributed by atoms with E-state index in [-0.39, 0.29) is 4.73 Å². The first-order valence-electron chi connectivity index (χ1n) is 5.45. The van der Waals surface area contributed by atoms with Crippen molar-refractivity contribution >= 4 is 11.5 Å². The molecular formula is C12H7FN2O6. The van der Waals surface area contributed by atoms with Crippen LogP contribution in [0.15, 0.2) is 30.5 Å². The maximum atomic E-state index is 13.6. The summed E-state index contributed by atoms with van der Waals surface area (Å²) in [5.74, 6) is -4.34. The third kappa shape index (κ3) is 2.43. The predicted molar refractivity (Wildman–Crippen MR) is 65.2 cm³/mol. The molecule has 108 valence electrons. The first kappa shape index (κ1) is 14.2. The molecule has 0 bridgehead atoms. The molecule has 0 saturated heterocycles. The first-order chi connectivity index (χ1) is 9.82. The van der Waals surface area contributed by atoms with Gasteiger partial charge in [0.15, 0.2) is 11.9 Å². The van der Waals surface area contributed by atoms with Crippen LogP contribution in [-0.4, -0.2) is 20.9 Å². The minimum absolute atomic E-state index is 0.179. The molecule has 0 amide bonds. The fourth-order valence-electron chi connectivity index (χ4n) is 1.67. The Labute approximate surface area is 116 Å². The van der Waals surface area contributed by atoms with E-state index >= 15 is 0 Å². The monoisotopic (exact) mass is 294 g/mol. The van der Waals surface area contributed by atoms with Crippen molar-refractivity contribution in [3.05, 3.63) is 62.9 Å². The third-order valence-electron chi connectivity index (χ3n) is 2.67. The molecule has 2 rings (SSSR count). The van der Waals surface area contributed by atoms with Gasteiger partial charge in [0.05, 0.1) is 4.92 Å². The van der Waals surface area contributed by atoms with Gasteiger partial charge in [0.25, 0.3) is 0 Å². The smallest absolute Gasteiger partial charge is 0.382 e. The number of hydrogen-bond acceptors (Lipinski definition) is 6. The second-order valence-electron chi connectivity index (χ2n) is 3.99. The number of benzene rings is 1. The molecule has 9 heteroatoms. The summed E-state index contributed by atoms with van der Waals surface area (Å²) in [5, 5.41) is 40.5. The van der Waals surface area contributed by atoms with Crippen molar-refractivity contribution in [2.45, 2.75) is 0 Å². The quantitative estimate of drug-likeness (QED) is 0.165. The lowest BCUT2D eigenvalue weighted by Gasteiger charge is -2.05. The van der Waals surface area contributed by atoms with Crippen LogP contribution in [0.25, 0.3) is 0 Å². The summed E-state index contributed by atoms with van der Waals surface area (Å²) < 4.78 is 13.4. The Balaban J connectivity index is 2.59. The number of nitro benzene ring substituents is 1. The maximum Gasteiger partial charge on any atom is 0.382 e. The second kappa shape index (κ2) is 5.04. The highest BCUT2D eigenvalue weighted by Crippen LogP contribution is 2.36. The van der Waals surface area contributed by atoms with Crippen LogP contribution in [0.5, 0.6) is 11.5 Å². The van der Waals surface area contributed by atoms with Crippen LogP contribution in [0.2, 0.25) is 0 Å². The first-order valence-corrected chi connectivity index (χ1v) is 5.45. The molecule has 0 aliphatic heterocycles. The van der Waals surface area contributed by atoms with E-state index in [9.17, 15) is 34.7 Å². The van der Waals surface area contributed by atoms with Gasteiger partial charge in [0.1, 0.15) is 5.56 Å². The summed E-state index contributed by atoms with van der Waals surface area (Å²) in [4.78, 5) is 21.7. The van der Waals surface area contributed by atoms with E-state index in [0.29, 0.717) is 6.07 Å². The van der Waals surface area contributed by atoms with Crippen LogP contribution in [0.4, 0.5) is 10.1 Å². The Morgan fingerprint density at radius 3 is 2.62 bits per heavy atom. The Morgan fingerprint density at radius 1 is 1.33 bits per heavy atom. The molecule has 0 fully saturated rings. The van der Waals surface area contributed by atoms with Crippen LogP contribution in [0.3, 0.4) is 0 Å². The number of phenolic OH excluding ortho intramolecular Hbond substituents is 2.